The molecule has 0 saturated heterocycles. The van der Waals surface area contributed by atoms with Gasteiger partial charge in [0.05, 0.1) is 24.2 Å². The topological polar surface area (TPSA) is 78.7 Å². The van der Waals surface area contributed by atoms with Crippen molar-refractivity contribution in [2.24, 2.45) is 5.92 Å². The summed E-state index contributed by atoms with van der Waals surface area (Å²) >= 11 is 0. The predicted octanol–water partition coefficient (Wildman–Crippen LogP) is 2.81. The first-order valence-corrected chi connectivity index (χ1v) is 5.95. The van der Waals surface area contributed by atoms with Crippen LogP contribution in [0.25, 0.3) is 0 Å². The maximum Gasteiger partial charge on any atom is 0.338 e. The Morgan fingerprint density at radius 3 is 2.63 bits per heavy atom. The lowest BCUT2D eigenvalue weighted by Crippen LogP contribution is -2.06. The first-order valence-electron chi connectivity index (χ1n) is 5.95. The van der Waals surface area contributed by atoms with Crippen LogP contribution in [-0.4, -0.2) is 24.6 Å². The van der Waals surface area contributed by atoms with Crippen molar-refractivity contribution in [3.63, 3.8) is 0 Å². The summed E-state index contributed by atoms with van der Waals surface area (Å²) in [4.78, 5) is 21.7. The second kappa shape index (κ2) is 6.72. The van der Waals surface area contributed by atoms with Crippen LogP contribution in [0.5, 0.6) is 5.75 Å². The molecular weight excluding hydrogens is 250 g/mol. The molecule has 6 heteroatoms. The summed E-state index contributed by atoms with van der Waals surface area (Å²) < 4.78 is 9.90. The summed E-state index contributed by atoms with van der Waals surface area (Å²) in [7, 11) is 1.22. The molecule has 0 bridgehead atoms. The number of benzene rings is 1. The van der Waals surface area contributed by atoms with E-state index < -0.39 is 10.9 Å². The Hall–Kier alpha value is -2.11. The summed E-state index contributed by atoms with van der Waals surface area (Å²) in [6.07, 6.45) is 0.801. The predicted molar refractivity (Wildman–Crippen MR) is 69.4 cm³/mol. The molecule has 0 fully saturated rings. The van der Waals surface area contributed by atoms with E-state index in [0.717, 1.165) is 12.5 Å². The molecule has 19 heavy (non-hydrogen) atoms. The van der Waals surface area contributed by atoms with E-state index >= 15 is 0 Å². The fraction of sp³-hybridized carbons (Fsp3) is 0.462. The number of carbonyl (C=O) groups is 1. The van der Waals surface area contributed by atoms with Gasteiger partial charge in [0.2, 0.25) is 0 Å². The van der Waals surface area contributed by atoms with Gasteiger partial charge in [-0.15, -0.1) is 0 Å². The highest BCUT2D eigenvalue weighted by molar-refractivity contribution is 5.90. The van der Waals surface area contributed by atoms with Gasteiger partial charge in [-0.25, -0.2) is 4.79 Å². The van der Waals surface area contributed by atoms with Crippen molar-refractivity contribution >= 4 is 11.7 Å². The van der Waals surface area contributed by atoms with Gasteiger partial charge in [0, 0.05) is 6.07 Å². The average Bonchev–Trinajstić information content (AvgIpc) is 2.37. The Kier molecular flexibility index (Phi) is 5.29. The van der Waals surface area contributed by atoms with Crippen molar-refractivity contribution in [1.29, 1.82) is 0 Å². The first-order chi connectivity index (χ1) is 8.95. The third-order valence-electron chi connectivity index (χ3n) is 2.53. The van der Waals surface area contributed by atoms with Crippen molar-refractivity contribution < 1.29 is 19.2 Å². The summed E-state index contributed by atoms with van der Waals surface area (Å²) in [5.41, 5.74) is -0.0999. The maximum absolute atomic E-state index is 11.3. The fourth-order valence-corrected chi connectivity index (χ4v) is 1.43. The van der Waals surface area contributed by atoms with Crippen molar-refractivity contribution in [3.8, 4) is 5.75 Å². The Morgan fingerprint density at radius 1 is 1.42 bits per heavy atom. The molecule has 0 aromatic heterocycles. The fourth-order valence-electron chi connectivity index (χ4n) is 1.43. The molecule has 0 amide bonds. The Labute approximate surface area is 111 Å². The minimum absolute atomic E-state index is 0.130. The summed E-state index contributed by atoms with van der Waals surface area (Å²) in [6, 6.07) is 4.03. The molecule has 0 aliphatic heterocycles. The second-order valence-corrected chi connectivity index (χ2v) is 4.46. The number of hydrogen-bond acceptors (Lipinski definition) is 5. The first kappa shape index (κ1) is 14.9. The molecule has 6 nitrogen and oxygen atoms in total. The molecule has 0 spiro atoms. The second-order valence-electron chi connectivity index (χ2n) is 4.46. The molecule has 0 heterocycles. The number of esters is 1. The molecule has 0 radical (unpaired) electrons. The van der Waals surface area contributed by atoms with Crippen LogP contribution >= 0.6 is 0 Å². The molecule has 0 atom stereocenters. The number of nitrogens with zero attached hydrogens (tertiary/aromatic N) is 1. The molecule has 0 unspecified atom stereocenters. The molecular formula is C13H17NO5. The van der Waals surface area contributed by atoms with E-state index in [4.69, 9.17) is 4.74 Å². The molecule has 1 aromatic rings. The van der Waals surface area contributed by atoms with Gasteiger partial charge in [-0.05, 0) is 24.5 Å². The van der Waals surface area contributed by atoms with Gasteiger partial charge < -0.3 is 9.47 Å². The van der Waals surface area contributed by atoms with E-state index in [1.807, 2.05) is 13.8 Å². The minimum Gasteiger partial charge on any atom is -0.487 e. The van der Waals surface area contributed by atoms with Crippen LogP contribution in [0, 0.1) is 16.0 Å². The zero-order valence-electron chi connectivity index (χ0n) is 11.2. The van der Waals surface area contributed by atoms with E-state index in [1.54, 1.807) is 0 Å². The van der Waals surface area contributed by atoms with Crippen molar-refractivity contribution in [3.05, 3.63) is 33.9 Å². The highest BCUT2D eigenvalue weighted by atomic mass is 16.6. The van der Waals surface area contributed by atoms with E-state index in [2.05, 4.69) is 4.74 Å². The number of hydrogen-bond donors (Lipinski definition) is 0. The lowest BCUT2D eigenvalue weighted by molar-refractivity contribution is -0.385. The van der Waals surface area contributed by atoms with Crippen LogP contribution in [0.1, 0.15) is 30.6 Å². The molecule has 0 N–H and O–H groups in total. The molecule has 104 valence electrons. The number of rotatable bonds is 6. The van der Waals surface area contributed by atoms with Gasteiger partial charge in [-0.2, -0.15) is 0 Å². The maximum atomic E-state index is 11.3. The Morgan fingerprint density at radius 2 is 2.11 bits per heavy atom. The van der Waals surface area contributed by atoms with Gasteiger partial charge in [-0.1, -0.05) is 13.8 Å². The van der Waals surface area contributed by atoms with Crippen LogP contribution in [0.3, 0.4) is 0 Å². The van der Waals surface area contributed by atoms with Crippen LogP contribution in [0.15, 0.2) is 18.2 Å². The summed E-state index contributed by atoms with van der Waals surface area (Å²) in [6.45, 7) is 4.48. The zero-order valence-corrected chi connectivity index (χ0v) is 11.2. The van der Waals surface area contributed by atoms with Crippen LogP contribution in [-0.2, 0) is 4.74 Å². The van der Waals surface area contributed by atoms with Crippen molar-refractivity contribution in [2.75, 3.05) is 13.7 Å². The largest absolute Gasteiger partial charge is 0.487 e. The molecule has 1 rings (SSSR count). The standard InChI is InChI=1S/C13H17NO5/c1-9(2)6-7-19-12-5-4-10(13(15)18-3)8-11(12)14(16)17/h4-5,8-9H,6-7H2,1-3H3. The number of methoxy groups -OCH3 is 1. The Bertz CT molecular complexity index is 470. The zero-order chi connectivity index (χ0) is 14.4. The normalized spacial score (nSPS) is 10.3. The van der Waals surface area contributed by atoms with Gasteiger partial charge in [-0.3, -0.25) is 10.1 Å². The smallest absolute Gasteiger partial charge is 0.338 e. The summed E-state index contributed by atoms with van der Waals surface area (Å²) in [5, 5.41) is 11.0. The van der Waals surface area contributed by atoms with E-state index in [9.17, 15) is 14.9 Å². The van der Waals surface area contributed by atoms with Crippen LogP contribution in [0.2, 0.25) is 0 Å². The SMILES string of the molecule is COC(=O)c1ccc(OCCC(C)C)c([N+](=O)[O-])c1. The molecule has 0 saturated carbocycles. The van der Waals surface area contributed by atoms with Gasteiger partial charge >= 0.3 is 11.7 Å². The number of carbonyl (C=O) groups excluding carboxylic acids is 1. The molecule has 0 aliphatic carbocycles. The van der Waals surface area contributed by atoms with Crippen LogP contribution < -0.4 is 4.74 Å². The van der Waals surface area contributed by atoms with E-state index in [1.165, 1.54) is 19.2 Å². The van der Waals surface area contributed by atoms with Gasteiger partial charge in [0.15, 0.2) is 5.75 Å². The van der Waals surface area contributed by atoms with E-state index in [0.29, 0.717) is 12.5 Å². The lowest BCUT2D eigenvalue weighted by Gasteiger charge is -2.09. The van der Waals surface area contributed by atoms with Crippen LogP contribution in [0.4, 0.5) is 5.69 Å². The molecule has 1 aromatic carbocycles. The average molecular weight is 267 g/mol. The van der Waals surface area contributed by atoms with Crippen molar-refractivity contribution in [2.45, 2.75) is 20.3 Å². The monoisotopic (exact) mass is 267 g/mol. The third-order valence-corrected chi connectivity index (χ3v) is 2.53. The van der Waals surface area contributed by atoms with Gasteiger partial charge in [0.25, 0.3) is 0 Å². The number of nitro groups is 1. The highest BCUT2D eigenvalue weighted by Crippen LogP contribution is 2.28. The molecule has 0 aliphatic rings. The lowest BCUT2D eigenvalue weighted by atomic mass is 10.1. The number of nitro benzene ring substituents is 1. The summed E-state index contributed by atoms with van der Waals surface area (Å²) in [5.74, 6) is 0.00327. The minimum atomic E-state index is -0.614. The number of ether oxygens (including phenoxy) is 2. The van der Waals surface area contributed by atoms with Gasteiger partial charge in [0.1, 0.15) is 0 Å². The third kappa shape index (κ3) is 4.24. The van der Waals surface area contributed by atoms with E-state index in [-0.39, 0.29) is 17.0 Å². The Balaban J connectivity index is 2.92. The highest BCUT2D eigenvalue weighted by Gasteiger charge is 2.19. The quantitative estimate of drug-likeness (QED) is 0.450. The van der Waals surface area contributed by atoms with Crippen molar-refractivity contribution in [1.82, 2.24) is 0 Å².